The second kappa shape index (κ2) is 7.59. The number of rotatable bonds is 4. The third kappa shape index (κ3) is 3.45. The predicted molar refractivity (Wildman–Crippen MR) is 103 cm³/mol. The van der Waals surface area contributed by atoms with Gasteiger partial charge in [0.15, 0.2) is 11.6 Å². The number of amides is 3. The van der Waals surface area contributed by atoms with Gasteiger partial charge in [0, 0.05) is 18.0 Å². The number of imide groups is 1. The van der Waals surface area contributed by atoms with Gasteiger partial charge in [-0.05, 0) is 29.3 Å². The number of hydrogen-bond donors (Lipinski definition) is 2. The van der Waals surface area contributed by atoms with E-state index in [-0.39, 0.29) is 14.0 Å². The van der Waals surface area contributed by atoms with Crippen LogP contribution in [0.5, 0.6) is 0 Å². The van der Waals surface area contributed by atoms with E-state index >= 15 is 0 Å². The highest BCUT2D eigenvalue weighted by Gasteiger charge is 2.38. The molecule has 0 unspecified atom stereocenters. The molecule has 2 aromatic carbocycles. The van der Waals surface area contributed by atoms with Gasteiger partial charge in [0.1, 0.15) is 6.04 Å². The van der Waals surface area contributed by atoms with Crippen molar-refractivity contribution in [2.45, 2.75) is 26.4 Å². The van der Waals surface area contributed by atoms with Gasteiger partial charge in [-0.15, -0.1) is 0 Å². The van der Waals surface area contributed by atoms with Crippen molar-refractivity contribution in [3.63, 3.8) is 0 Å². The number of H-pyrrole nitrogens is 1. The average Bonchev–Trinajstić information content (AvgIpc) is 3.16. The summed E-state index contributed by atoms with van der Waals surface area (Å²) in [4.78, 5) is 28.9. The van der Waals surface area contributed by atoms with E-state index in [1.165, 1.54) is 6.07 Å². The zero-order chi connectivity index (χ0) is 19.1. The Morgan fingerprint density at radius 2 is 1.89 bits per heavy atom. The molecule has 1 fully saturated rings. The highest BCUT2D eigenvalue weighted by molar-refractivity contribution is 6.35. The summed E-state index contributed by atoms with van der Waals surface area (Å²) in [5, 5.41) is 4.09. The molecule has 28 heavy (non-hydrogen) atoms. The van der Waals surface area contributed by atoms with Crippen LogP contribution in [0, 0.1) is 11.6 Å². The van der Waals surface area contributed by atoms with Crippen LogP contribution in [0.1, 0.15) is 18.6 Å². The van der Waals surface area contributed by atoms with E-state index in [1.807, 2.05) is 12.1 Å². The Hall–Kier alpha value is -2.93. The molecule has 146 valence electrons. The van der Waals surface area contributed by atoms with Crippen molar-refractivity contribution in [1.82, 2.24) is 15.2 Å². The number of nitrogens with zero attached hydrogens (tertiary/aromatic N) is 1. The number of nitrogens with one attached hydrogen (secondary N) is 2. The summed E-state index contributed by atoms with van der Waals surface area (Å²) < 4.78 is 26.4. The lowest BCUT2D eigenvalue weighted by Gasteiger charge is -2.13. The van der Waals surface area contributed by atoms with Crippen LogP contribution in [0.3, 0.4) is 0 Å². The van der Waals surface area contributed by atoms with Gasteiger partial charge < -0.3 is 10.3 Å². The molecule has 1 atom stereocenters. The molecule has 3 amide bonds. The van der Waals surface area contributed by atoms with E-state index in [4.69, 9.17) is 11.6 Å². The maximum atomic E-state index is 13.4. The van der Waals surface area contributed by atoms with Crippen molar-refractivity contribution < 1.29 is 18.4 Å². The minimum atomic E-state index is -1.02. The maximum absolute atomic E-state index is 13.4. The number of halogens is 3. The second-order valence-corrected chi connectivity index (χ2v) is 6.76. The van der Waals surface area contributed by atoms with E-state index in [2.05, 4.69) is 10.3 Å². The van der Waals surface area contributed by atoms with E-state index in [1.54, 1.807) is 12.3 Å². The quantitative estimate of drug-likeness (QED) is 0.632. The van der Waals surface area contributed by atoms with Crippen molar-refractivity contribution in [2.24, 2.45) is 0 Å². The molecule has 1 aliphatic heterocycles. The molecule has 0 spiro atoms. The number of carbonyl (C=O) groups excluding carboxylic acids is 2. The molecule has 1 aliphatic rings. The first kappa shape index (κ1) is 19.8. The van der Waals surface area contributed by atoms with E-state index in [0.717, 1.165) is 33.5 Å². The van der Waals surface area contributed by atoms with Crippen LogP contribution >= 0.6 is 11.6 Å². The van der Waals surface area contributed by atoms with Crippen molar-refractivity contribution in [3.8, 4) is 0 Å². The second-order valence-electron chi connectivity index (χ2n) is 6.36. The van der Waals surface area contributed by atoms with Crippen LogP contribution < -0.4 is 5.32 Å². The van der Waals surface area contributed by atoms with Crippen LogP contribution in [0.2, 0.25) is 5.02 Å². The Bertz CT molecular complexity index is 1070. The number of aromatic amines is 1. The Morgan fingerprint density at radius 3 is 2.64 bits per heavy atom. The molecule has 2 N–H and O–H groups in total. The monoisotopic (exact) mass is 405 g/mol. The minimum Gasteiger partial charge on any atom is -0.360 e. The predicted octanol–water partition coefficient (Wildman–Crippen LogP) is 4.40. The van der Waals surface area contributed by atoms with Crippen LogP contribution in [0.4, 0.5) is 13.6 Å². The smallest absolute Gasteiger partial charge is 0.325 e. The Kier molecular flexibility index (Phi) is 5.38. The first-order valence-corrected chi connectivity index (χ1v) is 8.62. The summed E-state index contributed by atoms with van der Waals surface area (Å²) in [6, 6.07) is 7.44. The lowest BCUT2D eigenvalue weighted by Crippen LogP contribution is -2.32. The lowest BCUT2D eigenvalue weighted by molar-refractivity contribution is -0.127. The molecule has 2 heterocycles. The number of hydrogen-bond acceptors (Lipinski definition) is 2. The number of urea groups is 1. The summed E-state index contributed by atoms with van der Waals surface area (Å²) in [5.74, 6) is -2.42. The number of benzene rings is 2. The van der Waals surface area contributed by atoms with Gasteiger partial charge in [0.05, 0.1) is 17.1 Å². The molecule has 3 aromatic rings. The van der Waals surface area contributed by atoms with Gasteiger partial charge in [-0.25, -0.2) is 13.6 Å². The maximum Gasteiger partial charge on any atom is 0.325 e. The van der Waals surface area contributed by atoms with Gasteiger partial charge in [-0.2, -0.15) is 0 Å². The van der Waals surface area contributed by atoms with Crippen molar-refractivity contribution in [2.75, 3.05) is 0 Å². The first-order valence-electron chi connectivity index (χ1n) is 8.24. The van der Waals surface area contributed by atoms with E-state index < -0.39 is 29.6 Å². The third-order valence-electron chi connectivity index (χ3n) is 4.61. The highest BCUT2D eigenvalue weighted by atomic mass is 35.5. The molecule has 8 heteroatoms. The Labute approximate surface area is 165 Å². The zero-order valence-corrected chi connectivity index (χ0v) is 14.7. The van der Waals surface area contributed by atoms with E-state index in [0.29, 0.717) is 17.0 Å². The fourth-order valence-corrected chi connectivity index (χ4v) is 3.48. The molecule has 0 saturated carbocycles. The first-order chi connectivity index (χ1) is 12.9. The van der Waals surface area contributed by atoms with Crippen LogP contribution in [0.15, 0.2) is 42.6 Å². The van der Waals surface area contributed by atoms with Gasteiger partial charge in [-0.3, -0.25) is 9.69 Å². The van der Waals surface area contributed by atoms with Crippen molar-refractivity contribution >= 4 is 34.4 Å². The average molecular weight is 406 g/mol. The fraction of sp³-hybridized carbons (Fsp3) is 0.200. The van der Waals surface area contributed by atoms with Crippen LogP contribution in [-0.4, -0.2) is 27.9 Å². The molecule has 0 aliphatic carbocycles. The molecule has 1 aromatic heterocycles. The number of carbonyl (C=O) groups is 2. The Morgan fingerprint density at radius 1 is 1.11 bits per heavy atom. The summed E-state index contributed by atoms with van der Waals surface area (Å²) >= 11 is 6.14. The molecular weight excluding hydrogens is 388 g/mol. The van der Waals surface area contributed by atoms with Crippen LogP contribution in [-0.2, 0) is 17.8 Å². The number of para-hydroxylation sites is 1. The topological polar surface area (TPSA) is 65.2 Å². The molecular formula is C20H18ClF2N3O2. The summed E-state index contributed by atoms with van der Waals surface area (Å²) in [6.07, 6.45) is 2.05. The highest BCUT2D eigenvalue weighted by Crippen LogP contribution is 2.27. The van der Waals surface area contributed by atoms with Gasteiger partial charge in [0.2, 0.25) is 0 Å². The summed E-state index contributed by atoms with van der Waals surface area (Å²) in [7, 11) is 0. The standard InChI is InChI=1S/C19H14ClF2N3O2.CH4/c20-13-3-1-2-12-11(8-23-17(12)13)7-16-18(26)25(19(27)24-16)9-10-4-5-14(21)15(22)6-10;/h1-6,8,16,23H,7,9H2,(H,24,27);1H4/t16-;/m1./s1. The summed E-state index contributed by atoms with van der Waals surface area (Å²) in [6.45, 7) is -0.127. The lowest BCUT2D eigenvalue weighted by atomic mass is 10.0. The minimum absolute atomic E-state index is 0. The van der Waals surface area contributed by atoms with Gasteiger partial charge >= 0.3 is 6.03 Å². The normalized spacial score (nSPS) is 16.4. The molecule has 0 radical (unpaired) electrons. The largest absolute Gasteiger partial charge is 0.360 e. The summed E-state index contributed by atoms with van der Waals surface area (Å²) in [5.41, 5.74) is 1.95. The van der Waals surface area contributed by atoms with Crippen molar-refractivity contribution in [1.29, 1.82) is 0 Å². The fourth-order valence-electron chi connectivity index (χ4n) is 3.25. The number of fused-ring (bicyclic) bond motifs is 1. The van der Waals surface area contributed by atoms with Crippen LogP contribution in [0.25, 0.3) is 10.9 Å². The van der Waals surface area contributed by atoms with Crippen molar-refractivity contribution in [3.05, 3.63) is 70.4 Å². The van der Waals surface area contributed by atoms with Gasteiger partial charge in [-0.1, -0.05) is 37.2 Å². The zero-order valence-electron chi connectivity index (χ0n) is 13.9. The van der Waals surface area contributed by atoms with E-state index in [9.17, 15) is 18.4 Å². The molecule has 1 saturated heterocycles. The number of aromatic nitrogens is 1. The molecule has 0 bridgehead atoms. The third-order valence-corrected chi connectivity index (χ3v) is 4.92. The Balaban J connectivity index is 0.00000225. The molecule has 4 rings (SSSR count). The van der Waals surface area contributed by atoms with Gasteiger partial charge in [0.25, 0.3) is 5.91 Å². The SMILES string of the molecule is C.O=C1N[C@H](Cc2c[nH]c3c(Cl)cccc23)C(=O)N1Cc1ccc(F)c(F)c1. The molecule has 5 nitrogen and oxygen atoms in total.